The number of piperazine rings is 1. The molecule has 1 N–H and O–H groups in total. The predicted molar refractivity (Wildman–Crippen MR) is 103 cm³/mol. The molecule has 0 bridgehead atoms. The summed E-state index contributed by atoms with van der Waals surface area (Å²) < 4.78 is 5.10. The molecule has 0 saturated carbocycles. The molecule has 27 heavy (non-hydrogen) atoms. The van der Waals surface area contributed by atoms with Gasteiger partial charge < -0.3 is 19.9 Å². The third-order valence-electron chi connectivity index (χ3n) is 4.21. The summed E-state index contributed by atoms with van der Waals surface area (Å²) in [5, 5.41) is 2.83. The van der Waals surface area contributed by atoms with Crippen LogP contribution in [0.4, 0.5) is 10.5 Å². The predicted octanol–water partition coefficient (Wildman–Crippen LogP) is 2.59. The largest absolute Gasteiger partial charge is 0.451 e. The quantitative estimate of drug-likeness (QED) is 0.818. The van der Waals surface area contributed by atoms with Gasteiger partial charge in [-0.15, -0.1) is 11.3 Å². The number of anilines is 1. The molecule has 1 saturated heterocycles. The number of esters is 1. The van der Waals surface area contributed by atoms with Gasteiger partial charge in [-0.3, -0.25) is 4.79 Å². The molecule has 0 unspecified atom stereocenters. The molecule has 0 atom stereocenters. The summed E-state index contributed by atoms with van der Waals surface area (Å²) in [5.41, 5.74) is 0.733. The minimum Gasteiger partial charge on any atom is -0.451 e. The van der Waals surface area contributed by atoms with E-state index in [9.17, 15) is 14.4 Å². The van der Waals surface area contributed by atoms with Gasteiger partial charge in [0.25, 0.3) is 5.91 Å². The van der Waals surface area contributed by atoms with Crippen molar-refractivity contribution >= 4 is 34.9 Å². The number of aryl methyl sites for hydroxylation is 1. The summed E-state index contributed by atoms with van der Waals surface area (Å²) in [5.74, 6) is -0.734. The average Bonchev–Trinajstić information content (AvgIpc) is 3.13. The molecule has 1 fully saturated rings. The second kappa shape index (κ2) is 8.68. The second-order valence-corrected chi connectivity index (χ2v) is 7.44. The zero-order valence-corrected chi connectivity index (χ0v) is 15.8. The van der Waals surface area contributed by atoms with Gasteiger partial charge in [-0.05, 0) is 31.2 Å². The van der Waals surface area contributed by atoms with E-state index in [-0.39, 0.29) is 18.5 Å². The van der Waals surface area contributed by atoms with Crippen molar-refractivity contribution in [3.05, 3.63) is 52.2 Å². The number of benzene rings is 1. The molecule has 3 amide bonds. The molecule has 2 heterocycles. The van der Waals surface area contributed by atoms with Crippen LogP contribution in [0.2, 0.25) is 0 Å². The van der Waals surface area contributed by atoms with E-state index in [0.29, 0.717) is 31.1 Å². The molecular weight excluding hydrogens is 366 g/mol. The molecule has 0 aliphatic carbocycles. The van der Waals surface area contributed by atoms with Gasteiger partial charge in [-0.1, -0.05) is 18.2 Å². The Bertz CT molecular complexity index is 813. The smallest absolute Gasteiger partial charge is 0.348 e. The van der Waals surface area contributed by atoms with Gasteiger partial charge in [-0.2, -0.15) is 0 Å². The fourth-order valence-corrected chi connectivity index (χ4v) is 3.48. The van der Waals surface area contributed by atoms with Gasteiger partial charge in [0.15, 0.2) is 6.61 Å². The van der Waals surface area contributed by atoms with E-state index in [4.69, 9.17) is 4.74 Å². The normalized spacial score (nSPS) is 14.0. The van der Waals surface area contributed by atoms with E-state index < -0.39 is 5.97 Å². The van der Waals surface area contributed by atoms with Crippen LogP contribution < -0.4 is 5.32 Å². The lowest BCUT2D eigenvalue weighted by Crippen LogP contribution is -2.52. The van der Waals surface area contributed by atoms with Crippen molar-refractivity contribution in [3.8, 4) is 0 Å². The molecule has 0 spiro atoms. The zero-order valence-electron chi connectivity index (χ0n) is 15.0. The number of urea groups is 1. The molecule has 1 aromatic heterocycles. The number of hydrogen-bond donors (Lipinski definition) is 1. The van der Waals surface area contributed by atoms with Crippen LogP contribution in [-0.4, -0.2) is 60.5 Å². The number of hydrogen-bond acceptors (Lipinski definition) is 5. The van der Waals surface area contributed by atoms with E-state index >= 15 is 0 Å². The van der Waals surface area contributed by atoms with Crippen LogP contribution in [0.15, 0.2) is 42.5 Å². The minimum atomic E-state index is -0.484. The summed E-state index contributed by atoms with van der Waals surface area (Å²) in [4.78, 5) is 41.2. The van der Waals surface area contributed by atoms with Crippen LogP contribution in [0.3, 0.4) is 0 Å². The molecule has 1 aliphatic rings. The second-order valence-electron chi connectivity index (χ2n) is 6.15. The molecule has 7 nitrogen and oxygen atoms in total. The highest BCUT2D eigenvalue weighted by molar-refractivity contribution is 7.13. The summed E-state index contributed by atoms with van der Waals surface area (Å²) in [6, 6.07) is 12.6. The van der Waals surface area contributed by atoms with Crippen LogP contribution in [0, 0.1) is 6.92 Å². The molecule has 2 aromatic rings. The van der Waals surface area contributed by atoms with Gasteiger partial charge in [0.2, 0.25) is 0 Å². The topological polar surface area (TPSA) is 79.0 Å². The number of amides is 3. The van der Waals surface area contributed by atoms with Gasteiger partial charge in [0, 0.05) is 36.7 Å². The maximum absolute atomic E-state index is 12.3. The fourth-order valence-electron chi connectivity index (χ4n) is 2.72. The lowest BCUT2D eigenvalue weighted by Gasteiger charge is -2.34. The Labute approximate surface area is 161 Å². The molecule has 1 aliphatic heterocycles. The first-order valence-corrected chi connectivity index (χ1v) is 9.47. The van der Waals surface area contributed by atoms with E-state index in [1.165, 1.54) is 11.3 Å². The van der Waals surface area contributed by atoms with Crippen molar-refractivity contribution in [2.24, 2.45) is 0 Å². The number of nitrogens with one attached hydrogen (secondary N) is 1. The molecule has 8 heteroatoms. The number of para-hydroxylation sites is 1. The Balaban J connectivity index is 1.42. The third-order valence-corrected chi connectivity index (χ3v) is 5.19. The summed E-state index contributed by atoms with van der Waals surface area (Å²) in [6.45, 7) is 3.31. The molecule has 0 radical (unpaired) electrons. The maximum Gasteiger partial charge on any atom is 0.348 e. The Morgan fingerprint density at radius 1 is 1.00 bits per heavy atom. The van der Waals surface area contributed by atoms with Gasteiger partial charge >= 0.3 is 12.0 Å². The molecule has 142 valence electrons. The van der Waals surface area contributed by atoms with Crippen molar-refractivity contribution in [3.63, 3.8) is 0 Å². The summed E-state index contributed by atoms with van der Waals surface area (Å²) in [7, 11) is 0. The first kappa shape index (κ1) is 18.9. The van der Waals surface area contributed by atoms with Crippen molar-refractivity contribution in [2.75, 3.05) is 38.1 Å². The zero-order chi connectivity index (χ0) is 19.2. The number of ether oxygens (including phenoxy) is 1. The van der Waals surface area contributed by atoms with E-state index in [2.05, 4.69) is 5.32 Å². The van der Waals surface area contributed by atoms with E-state index in [1.54, 1.807) is 15.9 Å². The fraction of sp³-hybridized carbons (Fsp3) is 0.316. The van der Waals surface area contributed by atoms with Crippen LogP contribution in [0.5, 0.6) is 0 Å². The van der Waals surface area contributed by atoms with Crippen LogP contribution in [-0.2, 0) is 9.53 Å². The molecule has 3 rings (SSSR count). The number of carbonyl (C=O) groups is 3. The Kier molecular flexibility index (Phi) is 6.08. The van der Waals surface area contributed by atoms with Crippen LogP contribution in [0.1, 0.15) is 14.5 Å². The average molecular weight is 387 g/mol. The van der Waals surface area contributed by atoms with Crippen molar-refractivity contribution in [2.45, 2.75) is 6.92 Å². The van der Waals surface area contributed by atoms with Gasteiger partial charge in [0.05, 0.1) is 0 Å². The Hall–Kier alpha value is -2.87. The monoisotopic (exact) mass is 387 g/mol. The standard InChI is InChI=1S/C19H21N3O4S/c1-14-7-8-16(27-14)18(24)26-13-17(23)21-9-11-22(12-10-21)19(25)20-15-5-3-2-4-6-15/h2-8H,9-13H2,1H3,(H,20,25). The first-order valence-electron chi connectivity index (χ1n) is 8.65. The third kappa shape index (κ3) is 5.07. The van der Waals surface area contributed by atoms with Gasteiger partial charge in [0.1, 0.15) is 4.88 Å². The van der Waals surface area contributed by atoms with Crippen molar-refractivity contribution in [1.29, 1.82) is 0 Å². The number of rotatable bonds is 4. The van der Waals surface area contributed by atoms with Gasteiger partial charge in [-0.25, -0.2) is 9.59 Å². The number of thiophene rings is 1. The summed E-state index contributed by atoms with van der Waals surface area (Å²) in [6.07, 6.45) is 0. The first-order chi connectivity index (χ1) is 13.0. The van der Waals surface area contributed by atoms with Crippen molar-refractivity contribution in [1.82, 2.24) is 9.80 Å². The Morgan fingerprint density at radius 2 is 1.67 bits per heavy atom. The van der Waals surface area contributed by atoms with E-state index in [1.807, 2.05) is 43.3 Å². The highest BCUT2D eigenvalue weighted by Crippen LogP contribution is 2.16. The van der Waals surface area contributed by atoms with E-state index in [0.717, 1.165) is 10.6 Å². The highest BCUT2D eigenvalue weighted by Gasteiger charge is 2.25. The maximum atomic E-state index is 12.3. The number of nitrogens with zero attached hydrogens (tertiary/aromatic N) is 2. The van der Waals surface area contributed by atoms with Crippen molar-refractivity contribution < 1.29 is 19.1 Å². The highest BCUT2D eigenvalue weighted by atomic mass is 32.1. The Morgan fingerprint density at radius 3 is 2.30 bits per heavy atom. The lowest BCUT2D eigenvalue weighted by molar-refractivity contribution is -0.135. The number of carbonyl (C=O) groups excluding carboxylic acids is 3. The minimum absolute atomic E-state index is 0.187. The van der Waals surface area contributed by atoms with Crippen LogP contribution in [0.25, 0.3) is 0 Å². The van der Waals surface area contributed by atoms with Crippen LogP contribution >= 0.6 is 11.3 Å². The SMILES string of the molecule is Cc1ccc(C(=O)OCC(=O)N2CCN(C(=O)Nc3ccccc3)CC2)s1. The lowest BCUT2D eigenvalue weighted by atomic mass is 10.3. The molecular formula is C19H21N3O4S. The summed E-state index contributed by atoms with van der Waals surface area (Å²) >= 11 is 1.34. The molecule has 1 aromatic carbocycles.